The van der Waals surface area contributed by atoms with Crippen LogP contribution in [0.2, 0.25) is 0 Å². The molecule has 104 valence electrons. The van der Waals surface area contributed by atoms with Gasteiger partial charge in [0.25, 0.3) is 0 Å². The number of hydrogen-bond acceptors (Lipinski definition) is 2. The van der Waals surface area contributed by atoms with E-state index in [-0.39, 0.29) is 5.57 Å². The summed E-state index contributed by atoms with van der Waals surface area (Å²) in [5.74, 6) is -1.63. The normalized spacial score (nSPS) is 21.2. The van der Waals surface area contributed by atoms with Crippen LogP contribution in [0.25, 0.3) is 0 Å². The first-order valence-electron chi connectivity index (χ1n) is 6.14. The summed E-state index contributed by atoms with van der Waals surface area (Å²) < 4.78 is 44.4. The third-order valence-corrected chi connectivity index (χ3v) is 3.60. The molecule has 0 N–H and O–H groups in total. The fraction of sp³-hybridized carbons (Fsp3) is 0.769. The van der Waals surface area contributed by atoms with Crippen molar-refractivity contribution < 1.29 is 22.7 Å². The summed E-state index contributed by atoms with van der Waals surface area (Å²) in [6.45, 7) is 5.65. The Balaban J connectivity index is 2.94. The summed E-state index contributed by atoms with van der Waals surface area (Å²) in [5.41, 5.74) is -2.41. The van der Waals surface area contributed by atoms with Crippen molar-refractivity contribution in [1.82, 2.24) is 0 Å². The van der Waals surface area contributed by atoms with Gasteiger partial charge in [0.1, 0.15) is 0 Å². The average molecular weight is 264 g/mol. The van der Waals surface area contributed by atoms with E-state index < -0.39 is 23.7 Å². The molecule has 1 aliphatic carbocycles. The molecule has 0 spiro atoms. The first-order chi connectivity index (χ1) is 8.18. The number of carbonyl (C=O) groups is 1. The predicted molar refractivity (Wildman–Crippen MR) is 61.9 cm³/mol. The minimum atomic E-state index is -4.56. The van der Waals surface area contributed by atoms with Gasteiger partial charge in [-0.25, -0.2) is 4.79 Å². The van der Waals surface area contributed by atoms with Crippen LogP contribution < -0.4 is 0 Å². The molecule has 1 aliphatic rings. The van der Waals surface area contributed by atoms with Crippen molar-refractivity contribution in [3.05, 3.63) is 12.2 Å². The Bertz CT molecular complexity index is 330. The topological polar surface area (TPSA) is 26.3 Å². The Morgan fingerprint density at radius 2 is 1.72 bits per heavy atom. The molecular formula is C13H19F3O2. The van der Waals surface area contributed by atoms with E-state index in [1.54, 1.807) is 0 Å². The van der Waals surface area contributed by atoms with Gasteiger partial charge in [0.15, 0.2) is 0 Å². The van der Waals surface area contributed by atoms with E-state index in [2.05, 4.69) is 6.58 Å². The average Bonchev–Trinajstić information content (AvgIpc) is 2.28. The second-order valence-electron chi connectivity index (χ2n) is 5.11. The summed E-state index contributed by atoms with van der Waals surface area (Å²) in [4.78, 5) is 11.4. The van der Waals surface area contributed by atoms with Crippen LogP contribution in [-0.4, -0.2) is 17.7 Å². The maximum Gasteiger partial charge on any atom is 0.428 e. The van der Waals surface area contributed by atoms with Crippen molar-refractivity contribution in [2.24, 2.45) is 5.92 Å². The van der Waals surface area contributed by atoms with E-state index in [9.17, 15) is 18.0 Å². The number of halogens is 3. The SMILES string of the molecule is C=C(C)C(=O)OC(C)(C1CCCCC1)C(F)(F)F. The van der Waals surface area contributed by atoms with Crippen molar-refractivity contribution >= 4 is 5.97 Å². The second-order valence-corrected chi connectivity index (χ2v) is 5.11. The summed E-state index contributed by atoms with van der Waals surface area (Å²) in [5, 5.41) is 0. The molecule has 18 heavy (non-hydrogen) atoms. The number of hydrogen-bond donors (Lipinski definition) is 0. The van der Waals surface area contributed by atoms with Crippen molar-refractivity contribution in [3.8, 4) is 0 Å². The van der Waals surface area contributed by atoms with E-state index >= 15 is 0 Å². The first kappa shape index (κ1) is 15.1. The van der Waals surface area contributed by atoms with Crippen LogP contribution >= 0.6 is 0 Å². The van der Waals surface area contributed by atoms with Crippen LogP contribution in [0, 0.1) is 5.92 Å². The number of alkyl halides is 3. The zero-order chi connectivity index (χ0) is 14.0. The molecule has 0 radical (unpaired) electrons. The molecule has 5 heteroatoms. The van der Waals surface area contributed by atoms with Crippen LogP contribution in [0.3, 0.4) is 0 Å². The lowest BCUT2D eigenvalue weighted by molar-refractivity contribution is -0.282. The summed E-state index contributed by atoms with van der Waals surface area (Å²) in [6, 6.07) is 0. The standard InChI is InChI=1S/C13H19F3O2/c1-9(2)11(17)18-12(3,13(14,15)16)10-7-5-4-6-8-10/h10H,1,4-8H2,2-3H3. The highest BCUT2D eigenvalue weighted by Crippen LogP contribution is 2.45. The van der Waals surface area contributed by atoms with Gasteiger partial charge in [-0.3, -0.25) is 0 Å². The molecule has 0 aromatic carbocycles. The van der Waals surface area contributed by atoms with E-state index in [0.29, 0.717) is 12.8 Å². The zero-order valence-corrected chi connectivity index (χ0v) is 10.8. The third-order valence-electron chi connectivity index (χ3n) is 3.60. The Morgan fingerprint density at radius 1 is 1.22 bits per heavy atom. The van der Waals surface area contributed by atoms with Crippen LogP contribution in [0.15, 0.2) is 12.2 Å². The molecule has 1 atom stereocenters. The van der Waals surface area contributed by atoms with Gasteiger partial charge in [-0.2, -0.15) is 13.2 Å². The maximum atomic E-state index is 13.2. The molecule has 1 saturated carbocycles. The highest BCUT2D eigenvalue weighted by molar-refractivity contribution is 5.87. The highest BCUT2D eigenvalue weighted by Gasteiger charge is 2.59. The molecule has 0 heterocycles. The van der Waals surface area contributed by atoms with Gasteiger partial charge in [-0.15, -0.1) is 0 Å². The highest BCUT2D eigenvalue weighted by atomic mass is 19.4. The van der Waals surface area contributed by atoms with Gasteiger partial charge in [0.05, 0.1) is 0 Å². The second kappa shape index (κ2) is 5.33. The van der Waals surface area contributed by atoms with Gasteiger partial charge < -0.3 is 4.74 Å². The van der Waals surface area contributed by atoms with Gasteiger partial charge in [0, 0.05) is 11.5 Å². The molecular weight excluding hydrogens is 245 g/mol. The van der Waals surface area contributed by atoms with Gasteiger partial charge >= 0.3 is 12.1 Å². The molecule has 1 unspecified atom stereocenters. The Kier molecular flexibility index (Phi) is 4.46. The zero-order valence-electron chi connectivity index (χ0n) is 10.8. The lowest BCUT2D eigenvalue weighted by atomic mass is 9.77. The molecule has 0 amide bonds. The monoisotopic (exact) mass is 264 g/mol. The molecule has 0 saturated heterocycles. The molecule has 1 fully saturated rings. The smallest absolute Gasteiger partial charge is 0.428 e. The van der Waals surface area contributed by atoms with E-state index in [1.807, 2.05) is 0 Å². The number of rotatable bonds is 3. The van der Waals surface area contributed by atoms with E-state index in [0.717, 1.165) is 26.2 Å². The van der Waals surface area contributed by atoms with Crippen LogP contribution in [-0.2, 0) is 9.53 Å². The summed E-state index contributed by atoms with van der Waals surface area (Å²) >= 11 is 0. The minimum Gasteiger partial charge on any atom is -0.446 e. The maximum absolute atomic E-state index is 13.2. The summed E-state index contributed by atoms with van der Waals surface area (Å²) in [6.07, 6.45) is -1.22. The largest absolute Gasteiger partial charge is 0.446 e. The van der Waals surface area contributed by atoms with Crippen LogP contribution in [0.1, 0.15) is 46.0 Å². The van der Waals surface area contributed by atoms with Crippen molar-refractivity contribution in [2.75, 3.05) is 0 Å². The van der Waals surface area contributed by atoms with E-state index in [1.165, 1.54) is 6.92 Å². The quantitative estimate of drug-likeness (QED) is 0.568. The lowest BCUT2D eigenvalue weighted by Crippen LogP contribution is -2.52. The predicted octanol–water partition coefficient (Wildman–Crippen LogP) is 4.01. The minimum absolute atomic E-state index is 0.0127. The Hall–Kier alpha value is -1.00. The van der Waals surface area contributed by atoms with Crippen molar-refractivity contribution in [2.45, 2.75) is 57.7 Å². The van der Waals surface area contributed by atoms with Crippen molar-refractivity contribution in [1.29, 1.82) is 0 Å². The summed E-state index contributed by atoms with van der Waals surface area (Å²) in [7, 11) is 0. The Labute approximate surface area is 105 Å². The van der Waals surface area contributed by atoms with E-state index in [4.69, 9.17) is 4.74 Å². The molecule has 0 aliphatic heterocycles. The van der Waals surface area contributed by atoms with Crippen LogP contribution in [0.4, 0.5) is 13.2 Å². The van der Waals surface area contributed by atoms with Gasteiger partial charge in [0.2, 0.25) is 5.60 Å². The fourth-order valence-electron chi connectivity index (χ4n) is 2.31. The molecule has 0 aromatic heterocycles. The Morgan fingerprint density at radius 3 is 2.11 bits per heavy atom. The number of ether oxygens (including phenoxy) is 1. The van der Waals surface area contributed by atoms with Gasteiger partial charge in [-0.05, 0) is 26.7 Å². The third kappa shape index (κ3) is 3.06. The lowest BCUT2D eigenvalue weighted by Gasteiger charge is -2.40. The first-order valence-corrected chi connectivity index (χ1v) is 6.14. The van der Waals surface area contributed by atoms with Crippen molar-refractivity contribution in [3.63, 3.8) is 0 Å². The molecule has 0 bridgehead atoms. The van der Waals surface area contributed by atoms with Gasteiger partial charge in [-0.1, -0.05) is 25.8 Å². The number of esters is 1. The molecule has 2 nitrogen and oxygen atoms in total. The molecule has 1 rings (SSSR count). The molecule has 0 aromatic rings. The number of carbonyl (C=O) groups excluding carboxylic acids is 1. The fourth-order valence-corrected chi connectivity index (χ4v) is 2.31. The van der Waals surface area contributed by atoms with Crippen LogP contribution in [0.5, 0.6) is 0 Å².